The normalized spacial score (nSPS) is 11.7. The fourth-order valence-corrected chi connectivity index (χ4v) is 2.55. The van der Waals surface area contributed by atoms with E-state index in [9.17, 15) is 9.59 Å². The molecule has 27 heavy (non-hydrogen) atoms. The Kier molecular flexibility index (Phi) is 6.51. The molecule has 0 fully saturated rings. The monoisotopic (exact) mass is 370 g/mol. The van der Waals surface area contributed by atoms with E-state index in [1.165, 1.54) is 0 Å². The van der Waals surface area contributed by atoms with E-state index in [0.29, 0.717) is 49.6 Å². The first-order chi connectivity index (χ1) is 13.2. The molecule has 0 aromatic heterocycles. The lowest BCUT2D eigenvalue weighted by Crippen LogP contribution is -2.34. The maximum atomic E-state index is 12.1. The molecule has 142 valence electrons. The molecule has 1 heterocycles. The first-order valence-corrected chi connectivity index (χ1v) is 8.85. The highest BCUT2D eigenvalue weighted by Gasteiger charge is 2.15. The maximum absolute atomic E-state index is 12.1. The SMILES string of the molecule is O=C(CCCOc1ccccc1)NCCNC(=O)c1ccc2c(c1)OCO2. The van der Waals surface area contributed by atoms with Crippen LogP contribution in [0.4, 0.5) is 0 Å². The van der Waals surface area contributed by atoms with Crippen molar-refractivity contribution in [2.75, 3.05) is 26.5 Å². The Morgan fingerprint density at radius 3 is 2.59 bits per heavy atom. The third kappa shape index (κ3) is 5.64. The number of amides is 2. The summed E-state index contributed by atoms with van der Waals surface area (Å²) in [6.45, 7) is 1.37. The second-order valence-electron chi connectivity index (χ2n) is 5.94. The van der Waals surface area contributed by atoms with E-state index in [1.807, 2.05) is 30.3 Å². The highest BCUT2D eigenvalue weighted by molar-refractivity contribution is 5.94. The number of hydrogen-bond acceptors (Lipinski definition) is 5. The molecule has 2 N–H and O–H groups in total. The van der Waals surface area contributed by atoms with Crippen LogP contribution in [0.5, 0.6) is 17.2 Å². The molecule has 1 aliphatic rings. The largest absolute Gasteiger partial charge is 0.494 e. The van der Waals surface area contributed by atoms with Gasteiger partial charge in [0.05, 0.1) is 6.61 Å². The average Bonchev–Trinajstić information content (AvgIpc) is 3.17. The summed E-state index contributed by atoms with van der Waals surface area (Å²) in [5, 5.41) is 5.54. The minimum atomic E-state index is -0.223. The average molecular weight is 370 g/mol. The molecule has 0 aliphatic carbocycles. The molecule has 0 spiro atoms. The summed E-state index contributed by atoms with van der Waals surface area (Å²) < 4.78 is 16.0. The fraction of sp³-hybridized carbons (Fsp3) is 0.300. The minimum Gasteiger partial charge on any atom is -0.494 e. The third-order valence-electron chi connectivity index (χ3n) is 3.93. The van der Waals surface area contributed by atoms with Crippen molar-refractivity contribution in [3.8, 4) is 17.2 Å². The van der Waals surface area contributed by atoms with E-state index < -0.39 is 0 Å². The number of para-hydroxylation sites is 1. The number of rotatable bonds is 9. The molecule has 2 aromatic carbocycles. The van der Waals surface area contributed by atoms with Crippen LogP contribution < -0.4 is 24.8 Å². The van der Waals surface area contributed by atoms with Crippen molar-refractivity contribution in [2.45, 2.75) is 12.8 Å². The molecular weight excluding hydrogens is 348 g/mol. The van der Waals surface area contributed by atoms with E-state index in [2.05, 4.69) is 10.6 Å². The Morgan fingerprint density at radius 2 is 1.74 bits per heavy atom. The van der Waals surface area contributed by atoms with Crippen LogP contribution in [-0.4, -0.2) is 38.3 Å². The molecule has 0 saturated carbocycles. The quantitative estimate of drug-likeness (QED) is 0.661. The van der Waals surface area contributed by atoms with E-state index in [4.69, 9.17) is 14.2 Å². The van der Waals surface area contributed by atoms with Crippen LogP contribution in [0.2, 0.25) is 0 Å². The molecule has 1 aliphatic heterocycles. The van der Waals surface area contributed by atoms with E-state index in [1.54, 1.807) is 18.2 Å². The summed E-state index contributed by atoms with van der Waals surface area (Å²) in [6, 6.07) is 14.5. The van der Waals surface area contributed by atoms with Gasteiger partial charge in [-0.15, -0.1) is 0 Å². The van der Waals surface area contributed by atoms with Crippen LogP contribution in [0.25, 0.3) is 0 Å². The minimum absolute atomic E-state index is 0.0657. The van der Waals surface area contributed by atoms with Crippen molar-refractivity contribution in [1.82, 2.24) is 10.6 Å². The lowest BCUT2D eigenvalue weighted by atomic mass is 10.2. The van der Waals surface area contributed by atoms with Crippen molar-refractivity contribution >= 4 is 11.8 Å². The second kappa shape index (κ2) is 9.47. The summed E-state index contributed by atoms with van der Waals surface area (Å²) in [5.41, 5.74) is 0.489. The number of carbonyl (C=O) groups is 2. The summed E-state index contributed by atoms with van der Waals surface area (Å²) in [4.78, 5) is 23.9. The van der Waals surface area contributed by atoms with Gasteiger partial charge in [0.25, 0.3) is 5.91 Å². The first-order valence-electron chi connectivity index (χ1n) is 8.85. The number of benzene rings is 2. The lowest BCUT2D eigenvalue weighted by molar-refractivity contribution is -0.121. The van der Waals surface area contributed by atoms with Crippen molar-refractivity contribution in [2.24, 2.45) is 0 Å². The van der Waals surface area contributed by atoms with E-state index in [0.717, 1.165) is 5.75 Å². The Labute approximate surface area is 157 Å². The highest BCUT2D eigenvalue weighted by Crippen LogP contribution is 2.32. The Balaban J connectivity index is 1.27. The first kappa shape index (κ1) is 18.6. The van der Waals surface area contributed by atoms with Gasteiger partial charge in [0.2, 0.25) is 12.7 Å². The summed E-state index contributed by atoms with van der Waals surface area (Å²) in [7, 11) is 0. The smallest absolute Gasteiger partial charge is 0.251 e. The van der Waals surface area contributed by atoms with Crippen LogP contribution in [-0.2, 0) is 4.79 Å². The predicted molar refractivity (Wildman–Crippen MR) is 99.1 cm³/mol. The number of hydrogen-bond donors (Lipinski definition) is 2. The van der Waals surface area contributed by atoms with Gasteiger partial charge in [-0.1, -0.05) is 18.2 Å². The topological polar surface area (TPSA) is 85.9 Å². The Morgan fingerprint density at radius 1 is 0.963 bits per heavy atom. The number of carbonyl (C=O) groups excluding carboxylic acids is 2. The van der Waals surface area contributed by atoms with Crippen molar-refractivity contribution in [3.05, 3.63) is 54.1 Å². The molecule has 0 atom stereocenters. The van der Waals surface area contributed by atoms with Gasteiger partial charge in [-0.3, -0.25) is 9.59 Å². The van der Waals surface area contributed by atoms with Crippen LogP contribution in [0.3, 0.4) is 0 Å². The lowest BCUT2D eigenvalue weighted by Gasteiger charge is -2.08. The second-order valence-corrected chi connectivity index (χ2v) is 5.94. The van der Waals surface area contributed by atoms with E-state index in [-0.39, 0.29) is 18.6 Å². The van der Waals surface area contributed by atoms with Crippen molar-refractivity contribution in [1.29, 1.82) is 0 Å². The van der Waals surface area contributed by atoms with Crippen LogP contribution in [0.1, 0.15) is 23.2 Å². The number of ether oxygens (including phenoxy) is 3. The predicted octanol–water partition coefficient (Wildman–Crippen LogP) is 2.12. The zero-order valence-electron chi connectivity index (χ0n) is 14.9. The Bertz CT molecular complexity index is 779. The summed E-state index contributed by atoms with van der Waals surface area (Å²) >= 11 is 0. The van der Waals surface area contributed by atoms with Crippen LogP contribution >= 0.6 is 0 Å². The van der Waals surface area contributed by atoms with Gasteiger partial charge < -0.3 is 24.8 Å². The molecule has 0 saturated heterocycles. The van der Waals surface area contributed by atoms with Gasteiger partial charge in [0, 0.05) is 25.1 Å². The molecular formula is C20H22N2O5. The number of nitrogens with one attached hydrogen (secondary N) is 2. The Hall–Kier alpha value is -3.22. The molecule has 7 heteroatoms. The third-order valence-corrected chi connectivity index (χ3v) is 3.93. The zero-order chi connectivity index (χ0) is 18.9. The van der Waals surface area contributed by atoms with Gasteiger partial charge >= 0.3 is 0 Å². The van der Waals surface area contributed by atoms with Crippen molar-refractivity contribution < 1.29 is 23.8 Å². The van der Waals surface area contributed by atoms with E-state index >= 15 is 0 Å². The maximum Gasteiger partial charge on any atom is 0.251 e. The molecule has 0 bridgehead atoms. The fourth-order valence-electron chi connectivity index (χ4n) is 2.55. The van der Waals surface area contributed by atoms with Crippen LogP contribution in [0.15, 0.2) is 48.5 Å². The van der Waals surface area contributed by atoms with Gasteiger partial charge in [0.15, 0.2) is 11.5 Å². The molecule has 0 unspecified atom stereocenters. The molecule has 3 rings (SSSR count). The standard InChI is InChI=1S/C20H22N2O5/c23-19(7-4-12-25-16-5-2-1-3-6-16)21-10-11-22-20(24)15-8-9-17-18(13-15)27-14-26-17/h1-3,5-6,8-9,13H,4,7,10-12,14H2,(H,21,23)(H,22,24). The van der Waals surface area contributed by atoms with Gasteiger partial charge in [-0.05, 0) is 36.8 Å². The molecule has 7 nitrogen and oxygen atoms in total. The molecule has 2 amide bonds. The van der Waals surface area contributed by atoms with Gasteiger partial charge in [-0.2, -0.15) is 0 Å². The zero-order valence-corrected chi connectivity index (χ0v) is 14.9. The molecule has 2 aromatic rings. The molecule has 0 radical (unpaired) electrons. The number of fused-ring (bicyclic) bond motifs is 1. The van der Waals surface area contributed by atoms with Gasteiger partial charge in [0.1, 0.15) is 5.75 Å². The summed E-state index contributed by atoms with van der Waals surface area (Å²) in [5.74, 6) is 1.70. The highest BCUT2D eigenvalue weighted by atomic mass is 16.7. The van der Waals surface area contributed by atoms with Gasteiger partial charge in [-0.25, -0.2) is 0 Å². The summed E-state index contributed by atoms with van der Waals surface area (Å²) in [6.07, 6.45) is 1.01. The van der Waals surface area contributed by atoms with Crippen molar-refractivity contribution in [3.63, 3.8) is 0 Å². The van der Waals surface area contributed by atoms with Crippen LogP contribution in [0, 0.1) is 0 Å².